The smallest absolute Gasteiger partial charge is 0.315 e. The number of thiophene rings is 1. The number of carbonyl (C=O) groups is 1. The molecule has 5 heteroatoms. The Morgan fingerprint density at radius 3 is 2.79 bits per heavy atom. The van der Waals surface area contributed by atoms with Crippen molar-refractivity contribution in [3.8, 4) is 0 Å². The van der Waals surface area contributed by atoms with Crippen LogP contribution in [0.3, 0.4) is 0 Å². The largest absolute Gasteiger partial charge is 0.381 e. The molecular weight excluding hydrogens is 260 g/mol. The van der Waals surface area contributed by atoms with E-state index in [-0.39, 0.29) is 17.5 Å². The van der Waals surface area contributed by atoms with Crippen LogP contribution in [0.1, 0.15) is 31.6 Å². The number of rotatable bonds is 4. The molecule has 0 aliphatic carbocycles. The molecule has 2 amide bonds. The van der Waals surface area contributed by atoms with Crippen molar-refractivity contribution >= 4 is 17.4 Å². The molecule has 1 aliphatic rings. The quantitative estimate of drug-likeness (QED) is 0.891. The van der Waals surface area contributed by atoms with Crippen molar-refractivity contribution in [2.75, 3.05) is 19.8 Å². The van der Waals surface area contributed by atoms with Gasteiger partial charge in [0.15, 0.2) is 0 Å². The summed E-state index contributed by atoms with van der Waals surface area (Å²) in [6.45, 7) is 6.14. The van der Waals surface area contributed by atoms with Crippen molar-refractivity contribution < 1.29 is 9.53 Å². The zero-order valence-corrected chi connectivity index (χ0v) is 12.4. The Balaban J connectivity index is 2.01. The van der Waals surface area contributed by atoms with Crippen LogP contribution in [-0.4, -0.2) is 31.8 Å². The summed E-state index contributed by atoms with van der Waals surface area (Å²) in [5.74, 6) is 0. The molecule has 0 saturated carbocycles. The number of amides is 2. The molecule has 0 radical (unpaired) electrons. The van der Waals surface area contributed by atoms with Gasteiger partial charge in [0.1, 0.15) is 0 Å². The monoisotopic (exact) mass is 282 g/mol. The van der Waals surface area contributed by atoms with E-state index in [9.17, 15) is 4.79 Å². The first kappa shape index (κ1) is 14.3. The Morgan fingerprint density at radius 1 is 1.47 bits per heavy atom. The van der Waals surface area contributed by atoms with Crippen LogP contribution in [0, 0.1) is 0 Å². The summed E-state index contributed by atoms with van der Waals surface area (Å²) >= 11 is 1.77. The molecule has 0 spiro atoms. The average Bonchev–Trinajstić information content (AvgIpc) is 2.91. The number of ether oxygens (including phenoxy) is 1. The second-order valence-corrected chi connectivity index (χ2v) is 6.30. The molecule has 1 aromatic rings. The van der Waals surface area contributed by atoms with Gasteiger partial charge in [0.25, 0.3) is 0 Å². The predicted octanol–water partition coefficient (Wildman–Crippen LogP) is 2.50. The molecule has 2 heterocycles. The second kappa shape index (κ2) is 6.39. The molecule has 1 fully saturated rings. The van der Waals surface area contributed by atoms with Gasteiger partial charge in [-0.3, -0.25) is 0 Å². The van der Waals surface area contributed by atoms with Gasteiger partial charge in [0.2, 0.25) is 0 Å². The zero-order valence-electron chi connectivity index (χ0n) is 11.6. The van der Waals surface area contributed by atoms with E-state index in [1.54, 1.807) is 11.3 Å². The minimum atomic E-state index is -0.0857. The summed E-state index contributed by atoms with van der Waals surface area (Å²) in [4.78, 5) is 13.1. The molecule has 2 N–H and O–H groups in total. The highest BCUT2D eigenvalue weighted by atomic mass is 32.1. The molecule has 4 nitrogen and oxygen atoms in total. The van der Waals surface area contributed by atoms with Crippen LogP contribution in [0.25, 0.3) is 0 Å². The van der Waals surface area contributed by atoms with Gasteiger partial charge in [0.05, 0.1) is 0 Å². The lowest BCUT2D eigenvalue weighted by atomic mass is 9.78. The number of urea groups is 1. The molecule has 1 saturated heterocycles. The third-order valence-corrected chi connectivity index (χ3v) is 4.62. The molecule has 1 aromatic heterocycles. The molecule has 106 valence electrons. The van der Waals surface area contributed by atoms with E-state index < -0.39 is 0 Å². The summed E-state index contributed by atoms with van der Waals surface area (Å²) < 4.78 is 5.47. The fraction of sp³-hybridized carbons (Fsp3) is 0.643. The van der Waals surface area contributed by atoms with Gasteiger partial charge in [-0.1, -0.05) is 6.07 Å². The van der Waals surface area contributed by atoms with Crippen molar-refractivity contribution in [3.05, 3.63) is 22.4 Å². The molecule has 19 heavy (non-hydrogen) atoms. The van der Waals surface area contributed by atoms with Crippen LogP contribution in [0.15, 0.2) is 17.5 Å². The topological polar surface area (TPSA) is 50.4 Å². The molecule has 1 aliphatic heterocycles. The molecule has 0 unspecified atom stereocenters. The molecule has 0 aromatic carbocycles. The van der Waals surface area contributed by atoms with E-state index in [4.69, 9.17) is 4.74 Å². The number of hydrogen-bond donors (Lipinski definition) is 2. The minimum Gasteiger partial charge on any atom is -0.381 e. The third kappa shape index (κ3) is 3.70. The Kier molecular flexibility index (Phi) is 4.82. The van der Waals surface area contributed by atoms with Crippen molar-refractivity contribution in [2.24, 2.45) is 0 Å². The number of nitrogens with one attached hydrogen (secondary N) is 2. The van der Waals surface area contributed by atoms with Gasteiger partial charge >= 0.3 is 6.03 Å². The molecule has 0 bridgehead atoms. The number of hydrogen-bond acceptors (Lipinski definition) is 3. The highest BCUT2D eigenvalue weighted by Gasteiger charge is 2.35. The summed E-state index contributed by atoms with van der Waals surface area (Å²) in [6.07, 6.45) is 1.94. The lowest BCUT2D eigenvalue weighted by Crippen LogP contribution is -2.48. The Hall–Kier alpha value is -1.07. The summed E-state index contributed by atoms with van der Waals surface area (Å²) in [5, 5.41) is 7.98. The van der Waals surface area contributed by atoms with Crippen LogP contribution in [0.4, 0.5) is 4.79 Å². The fourth-order valence-electron chi connectivity index (χ4n) is 2.42. The van der Waals surface area contributed by atoms with Gasteiger partial charge in [0, 0.05) is 36.1 Å². The maximum atomic E-state index is 11.8. The second-order valence-electron chi connectivity index (χ2n) is 5.35. The predicted molar refractivity (Wildman–Crippen MR) is 77.7 cm³/mol. The zero-order chi connectivity index (χ0) is 13.7. The van der Waals surface area contributed by atoms with Gasteiger partial charge in [-0.25, -0.2) is 4.79 Å². The normalized spacial score (nSPS) is 18.3. The highest BCUT2D eigenvalue weighted by molar-refractivity contribution is 7.10. The minimum absolute atomic E-state index is 0.0424. The molecule has 0 atom stereocenters. The molecule has 2 rings (SSSR count). The Morgan fingerprint density at radius 2 is 2.21 bits per heavy atom. The maximum Gasteiger partial charge on any atom is 0.315 e. The van der Waals surface area contributed by atoms with E-state index >= 15 is 0 Å². The lowest BCUT2D eigenvalue weighted by molar-refractivity contribution is 0.0519. The Bertz CT molecular complexity index is 398. The van der Waals surface area contributed by atoms with Crippen LogP contribution in [0.5, 0.6) is 0 Å². The van der Waals surface area contributed by atoms with Gasteiger partial charge < -0.3 is 15.4 Å². The standard InChI is InChI=1S/C14H22N2O2S/c1-11(2)16-13(17)15-10-14(5-7-18-8-6-14)12-4-3-9-19-12/h3-4,9,11H,5-8,10H2,1-2H3,(H2,15,16,17). The van der Waals surface area contributed by atoms with Crippen LogP contribution in [-0.2, 0) is 10.2 Å². The fourth-order valence-corrected chi connectivity index (χ4v) is 3.40. The first-order valence-electron chi connectivity index (χ1n) is 6.78. The lowest BCUT2D eigenvalue weighted by Gasteiger charge is -2.36. The van der Waals surface area contributed by atoms with Crippen molar-refractivity contribution in [1.29, 1.82) is 0 Å². The van der Waals surface area contributed by atoms with Gasteiger partial charge in [-0.2, -0.15) is 0 Å². The third-order valence-electron chi connectivity index (χ3n) is 3.50. The van der Waals surface area contributed by atoms with Crippen LogP contribution >= 0.6 is 11.3 Å². The maximum absolute atomic E-state index is 11.8. The van der Waals surface area contributed by atoms with Crippen molar-refractivity contribution in [3.63, 3.8) is 0 Å². The van der Waals surface area contributed by atoms with Crippen LogP contribution < -0.4 is 10.6 Å². The summed E-state index contributed by atoms with van der Waals surface area (Å²) in [6, 6.07) is 4.31. The number of carbonyl (C=O) groups excluding carboxylic acids is 1. The van der Waals surface area contributed by atoms with Gasteiger partial charge in [-0.05, 0) is 38.1 Å². The van der Waals surface area contributed by atoms with E-state index in [0.717, 1.165) is 26.1 Å². The SMILES string of the molecule is CC(C)NC(=O)NCC1(c2cccs2)CCOCC1. The first-order chi connectivity index (χ1) is 9.12. The summed E-state index contributed by atoms with van der Waals surface area (Å²) in [5.41, 5.74) is 0.0424. The van der Waals surface area contributed by atoms with E-state index in [2.05, 4.69) is 28.1 Å². The Labute approximate surface area is 118 Å². The summed E-state index contributed by atoms with van der Waals surface area (Å²) in [7, 11) is 0. The van der Waals surface area contributed by atoms with Crippen molar-refractivity contribution in [2.45, 2.75) is 38.1 Å². The highest BCUT2D eigenvalue weighted by Crippen LogP contribution is 2.36. The molecular formula is C14H22N2O2S. The van der Waals surface area contributed by atoms with E-state index in [0.29, 0.717) is 6.54 Å². The van der Waals surface area contributed by atoms with Gasteiger partial charge in [-0.15, -0.1) is 11.3 Å². The van der Waals surface area contributed by atoms with Crippen LogP contribution in [0.2, 0.25) is 0 Å². The average molecular weight is 282 g/mol. The van der Waals surface area contributed by atoms with Crippen molar-refractivity contribution in [1.82, 2.24) is 10.6 Å². The first-order valence-corrected chi connectivity index (χ1v) is 7.66. The van der Waals surface area contributed by atoms with E-state index in [1.165, 1.54) is 4.88 Å². The van der Waals surface area contributed by atoms with E-state index in [1.807, 2.05) is 13.8 Å².